The second-order valence-corrected chi connectivity index (χ2v) is 5.43. The summed E-state index contributed by atoms with van der Waals surface area (Å²) < 4.78 is 5.42. The number of nitro groups is 1. The number of esters is 1. The monoisotopic (exact) mass is 322 g/mol. The number of hydrogen-bond donors (Lipinski definition) is 0. The molecule has 0 unspecified atom stereocenters. The number of nitrogens with zero attached hydrogens (tertiary/aromatic N) is 2. The van der Waals surface area contributed by atoms with Crippen LogP contribution in [0.5, 0.6) is 5.75 Å². The molecule has 0 aliphatic rings. The highest BCUT2D eigenvalue weighted by molar-refractivity contribution is 5.94. The maximum Gasteiger partial charge on any atom is 0.343 e. The van der Waals surface area contributed by atoms with Gasteiger partial charge in [-0.05, 0) is 32.0 Å². The molecule has 0 bridgehead atoms. The molecule has 1 aromatic heterocycles. The van der Waals surface area contributed by atoms with E-state index in [0.29, 0.717) is 16.8 Å². The molecule has 6 nitrogen and oxygen atoms in total. The zero-order chi connectivity index (χ0) is 17.3. The van der Waals surface area contributed by atoms with E-state index in [9.17, 15) is 14.9 Å². The fourth-order valence-corrected chi connectivity index (χ4v) is 2.39. The standard InChI is InChI=1S/C18H14N2O4/c1-11-6-8-14(10-15(11)20(22)23)18(21)24-16-5-3-4-13-9-7-12(2)19-17(13)16/h3-10H,1-2H3. The molecule has 6 heteroatoms. The predicted molar refractivity (Wildman–Crippen MR) is 89.3 cm³/mol. The number of para-hydroxylation sites is 1. The van der Waals surface area contributed by atoms with Gasteiger partial charge in [-0.15, -0.1) is 0 Å². The van der Waals surface area contributed by atoms with Crippen LogP contribution in [0.2, 0.25) is 0 Å². The molecule has 0 N–H and O–H groups in total. The fourth-order valence-electron chi connectivity index (χ4n) is 2.39. The number of carbonyl (C=O) groups is 1. The molecule has 3 aromatic rings. The van der Waals surface area contributed by atoms with Crippen molar-refractivity contribution in [2.45, 2.75) is 13.8 Å². The molecular weight excluding hydrogens is 308 g/mol. The van der Waals surface area contributed by atoms with Gasteiger partial charge in [0.25, 0.3) is 5.69 Å². The Kier molecular flexibility index (Phi) is 3.95. The first-order valence-electron chi connectivity index (χ1n) is 7.29. The van der Waals surface area contributed by atoms with Crippen molar-refractivity contribution < 1.29 is 14.5 Å². The molecule has 0 aliphatic heterocycles. The fraction of sp³-hybridized carbons (Fsp3) is 0.111. The van der Waals surface area contributed by atoms with Gasteiger partial charge in [-0.1, -0.05) is 24.3 Å². The first kappa shape index (κ1) is 15.6. The summed E-state index contributed by atoms with van der Waals surface area (Å²) in [6.45, 7) is 3.46. The highest BCUT2D eigenvalue weighted by atomic mass is 16.6. The molecule has 1 heterocycles. The quantitative estimate of drug-likeness (QED) is 0.315. The first-order chi connectivity index (χ1) is 11.5. The van der Waals surface area contributed by atoms with Gasteiger partial charge < -0.3 is 4.74 Å². The summed E-state index contributed by atoms with van der Waals surface area (Å²) in [6, 6.07) is 13.3. The number of pyridine rings is 1. The van der Waals surface area contributed by atoms with E-state index in [4.69, 9.17) is 4.74 Å². The number of benzene rings is 2. The summed E-state index contributed by atoms with van der Waals surface area (Å²) in [5.41, 5.74) is 1.87. The van der Waals surface area contributed by atoms with Gasteiger partial charge >= 0.3 is 5.97 Å². The smallest absolute Gasteiger partial charge is 0.343 e. The van der Waals surface area contributed by atoms with Gasteiger partial charge in [0.2, 0.25) is 0 Å². The Labute approximate surface area is 137 Å². The third-order valence-corrected chi connectivity index (χ3v) is 3.67. The van der Waals surface area contributed by atoms with Gasteiger partial charge in [-0.2, -0.15) is 0 Å². The van der Waals surface area contributed by atoms with E-state index in [1.165, 1.54) is 18.2 Å². The third kappa shape index (κ3) is 2.94. The molecular formula is C18H14N2O4. The maximum atomic E-state index is 12.4. The Morgan fingerprint density at radius 2 is 1.92 bits per heavy atom. The second-order valence-electron chi connectivity index (χ2n) is 5.43. The van der Waals surface area contributed by atoms with Gasteiger partial charge in [0, 0.05) is 22.7 Å². The van der Waals surface area contributed by atoms with Crippen molar-refractivity contribution in [2.75, 3.05) is 0 Å². The molecule has 0 radical (unpaired) electrons. The van der Waals surface area contributed by atoms with E-state index in [1.54, 1.807) is 19.1 Å². The number of ether oxygens (including phenoxy) is 1. The summed E-state index contributed by atoms with van der Waals surface area (Å²) in [5.74, 6) is -0.335. The summed E-state index contributed by atoms with van der Waals surface area (Å²) in [6.07, 6.45) is 0. The Balaban J connectivity index is 1.97. The minimum absolute atomic E-state index is 0.115. The minimum Gasteiger partial charge on any atom is -0.421 e. The molecule has 0 saturated heterocycles. The highest BCUT2D eigenvalue weighted by Crippen LogP contribution is 2.26. The predicted octanol–water partition coefficient (Wildman–Crippen LogP) is 3.98. The van der Waals surface area contributed by atoms with Crippen LogP contribution in [0.4, 0.5) is 5.69 Å². The zero-order valence-corrected chi connectivity index (χ0v) is 13.1. The van der Waals surface area contributed by atoms with Crippen molar-refractivity contribution in [2.24, 2.45) is 0 Å². The van der Waals surface area contributed by atoms with Crippen LogP contribution < -0.4 is 4.74 Å². The number of rotatable bonds is 3. The molecule has 24 heavy (non-hydrogen) atoms. The van der Waals surface area contributed by atoms with Crippen molar-refractivity contribution >= 4 is 22.6 Å². The molecule has 0 atom stereocenters. The highest BCUT2D eigenvalue weighted by Gasteiger charge is 2.17. The summed E-state index contributed by atoms with van der Waals surface area (Å²) in [5, 5.41) is 11.9. The van der Waals surface area contributed by atoms with E-state index in [0.717, 1.165) is 11.1 Å². The van der Waals surface area contributed by atoms with Crippen LogP contribution in [0.3, 0.4) is 0 Å². The molecule has 0 aliphatic carbocycles. The van der Waals surface area contributed by atoms with Crippen LogP contribution in [0.25, 0.3) is 10.9 Å². The normalized spacial score (nSPS) is 10.6. The number of hydrogen-bond acceptors (Lipinski definition) is 5. The molecule has 2 aromatic carbocycles. The number of carbonyl (C=O) groups excluding carboxylic acids is 1. The van der Waals surface area contributed by atoms with Gasteiger partial charge in [0.05, 0.1) is 10.5 Å². The Morgan fingerprint density at radius 3 is 2.67 bits per heavy atom. The average Bonchev–Trinajstić information content (AvgIpc) is 2.55. The average molecular weight is 322 g/mol. The molecule has 0 spiro atoms. The number of aryl methyl sites for hydroxylation is 2. The van der Waals surface area contributed by atoms with E-state index < -0.39 is 10.9 Å². The van der Waals surface area contributed by atoms with Crippen molar-refractivity contribution in [3.05, 3.63) is 75.5 Å². The van der Waals surface area contributed by atoms with Gasteiger partial charge in [0.15, 0.2) is 5.75 Å². The number of fused-ring (bicyclic) bond motifs is 1. The van der Waals surface area contributed by atoms with Gasteiger partial charge in [-0.3, -0.25) is 10.1 Å². The van der Waals surface area contributed by atoms with Crippen LogP contribution in [0, 0.1) is 24.0 Å². The van der Waals surface area contributed by atoms with Gasteiger partial charge in [-0.25, -0.2) is 9.78 Å². The van der Waals surface area contributed by atoms with E-state index >= 15 is 0 Å². The topological polar surface area (TPSA) is 82.3 Å². The minimum atomic E-state index is -0.658. The SMILES string of the molecule is Cc1ccc2cccc(OC(=O)c3ccc(C)c([N+](=O)[O-])c3)c2n1. The van der Waals surface area contributed by atoms with Crippen LogP contribution in [0.15, 0.2) is 48.5 Å². The summed E-state index contributed by atoms with van der Waals surface area (Å²) >= 11 is 0. The molecule has 120 valence electrons. The van der Waals surface area contributed by atoms with Crippen molar-refractivity contribution in [3.8, 4) is 5.75 Å². The summed E-state index contributed by atoms with van der Waals surface area (Å²) in [4.78, 5) is 27.2. The molecule has 0 amide bonds. The number of nitro benzene ring substituents is 1. The summed E-state index contributed by atoms with van der Waals surface area (Å²) in [7, 11) is 0. The van der Waals surface area contributed by atoms with Crippen LogP contribution in [0.1, 0.15) is 21.6 Å². The second kappa shape index (κ2) is 6.08. The Bertz CT molecular complexity index is 966. The molecule has 0 saturated carbocycles. The van der Waals surface area contributed by atoms with E-state index in [-0.39, 0.29) is 11.3 Å². The molecule has 3 rings (SSSR count). The number of aromatic nitrogens is 1. The lowest BCUT2D eigenvalue weighted by Gasteiger charge is -2.08. The van der Waals surface area contributed by atoms with Crippen LogP contribution >= 0.6 is 0 Å². The van der Waals surface area contributed by atoms with E-state index in [1.807, 2.05) is 25.1 Å². The van der Waals surface area contributed by atoms with Crippen molar-refractivity contribution in [1.29, 1.82) is 0 Å². The Morgan fingerprint density at radius 1 is 1.12 bits per heavy atom. The first-order valence-corrected chi connectivity index (χ1v) is 7.29. The lowest BCUT2D eigenvalue weighted by molar-refractivity contribution is -0.385. The van der Waals surface area contributed by atoms with Crippen molar-refractivity contribution in [1.82, 2.24) is 4.98 Å². The molecule has 0 fully saturated rings. The third-order valence-electron chi connectivity index (χ3n) is 3.67. The lowest BCUT2D eigenvalue weighted by Crippen LogP contribution is -2.10. The van der Waals surface area contributed by atoms with Gasteiger partial charge in [0.1, 0.15) is 5.52 Å². The van der Waals surface area contributed by atoms with E-state index in [2.05, 4.69) is 4.98 Å². The van der Waals surface area contributed by atoms with Crippen molar-refractivity contribution in [3.63, 3.8) is 0 Å². The largest absolute Gasteiger partial charge is 0.421 e. The van der Waals surface area contributed by atoms with Crippen LogP contribution in [-0.4, -0.2) is 15.9 Å². The van der Waals surface area contributed by atoms with Crippen LogP contribution in [-0.2, 0) is 0 Å². The zero-order valence-electron chi connectivity index (χ0n) is 13.1. The maximum absolute atomic E-state index is 12.4. The Hall–Kier alpha value is -3.28. The lowest BCUT2D eigenvalue weighted by atomic mass is 10.1.